The first-order valence-corrected chi connectivity index (χ1v) is 6.03. The highest BCUT2D eigenvalue weighted by atomic mass is 16.4. The zero-order chi connectivity index (χ0) is 13.7. The molecule has 7 nitrogen and oxygen atoms in total. The highest BCUT2D eigenvalue weighted by Crippen LogP contribution is 2.16. The third kappa shape index (κ3) is 4.15. The van der Waals surface area contributed by atoms with Crippen LogP contribution in [0.3, 0.4) is 0 Å². The lowest BCUT2D eigenvalue weighted by Crippen LogP contribution is -2.50. The fraction of sp³-hybridized carbons (Fsp3) is 0.818. The van der Waals surface area contributed by atoms with Crippen molar-refractivity contribution in [3.8, 4) is 0 Å². The van der Waals surface area contributed by atoms with Crippen molar-refractivity contribution in [2.45, 2.75) is 32.0 Å². The average Bonchev–Trinajstić information content (AvgIpc) is 2.32. The van der Waals surface area contributed by atoms with Crippen LogP contribution < -0.4 is 5.32 Å². The molecule has 0 aromatic heterocycles. The van der Waals surface area contributed by atoms with E-state index in [1.54, 1.807) is 0 Å². The van der Waals surface area contributed by atoms with Crippen LogP contribution in [-0.2, 0) is 4.79 Å². The van der Waals surface area contributed by atoms with Gasteiger partial charge in [0.05, 0.1) is 6.10 Å². The second-order valence-corrected chi connectivity index (χ2v) is 4.65. The van der Waals surface area contributed by atoms with Gasteiger partial charge in [-0.05, 0) is 12.3 Å². The highest BCUT2D eigenvalue weighted by molar-refractivity contribution is 5.74. The number of aliphatic hydroxyl groups excluding tert-OH is 2. The number of likely N-dealkylation sites (tertiary alicyclic amines) is 1. The van der Waals surface area contributed by atoms with Gasteiger partial charge in [0, 0.05) is 26.1 Å². The van der Waals surface area contributed by atoms with Crippen molar-refractivity contribution in [3.63, 3.8) is 0 Å². The average molecular weight is 260 g/mol. The van der Waals surface area contributed by atoms with E-state index >= 15 is 0 Å². The van der Waals surface area contributed by atoms with Crippen LogP contribution in [0.25, 0.3) is 0 Å². The monoisotopic (exact) mass is 260 g/mol. The third-order valence-electron chi connectivity index (χ3n) is 3.18. The number of amides is 2. The van der Waals surface area contributed by atoms with E-state index in [1.165, 1.54) is 4.90 Å². The van der Waals surface area contributed by atoms with Gasteiger partial charge in [-0.1, -0.05) is 6.92 Å². The molecule has 1 fully saturated rings. The van der Waals surface area contributed by atoms with Crippen molar-refractivity contribution in [1.29, 1.82) is 0 Å². The molecule has 0 bridgehead atoms. The van der Waals surface area contributed by atoms with Gasteiger partial charge in [0.2, 0.25) is 0 Å². The molecule has 4 N–H and O–H groups in total. The summed E-state index contributed by atoms with van der Waals surface area (Å²) in [6.45, 7) is 2.89. The van der Waals surface area contributed by atoms with Crippen molar-refractivity contribution in [2.24, 2.45) is 5.92 Å². The van der Waals surface area contributed by atoms with Gasteiger partial charge in [-0.25, -0.2) is 9.59 Å². The number of carbonyl (C=O) groups excluding carboxylic acids is 1. The molecule has 1 heterocycles. The zero-order valence-corrected chi connectivity index (χ0v) is 10.4. The van der Waals surface area contributed by atoms with Gasteiger partial charge in [-0.15, -0.1) is 0 Å². The Morgan fingerprint density at radius 2 is 2.17 bits per heavy atom. The fourth-order valence-corrected chi connectivity index (χ4v) is 1.78. The lowest BCUT2D eigenvalue weighted by atomic mass is 9.96. The Bertz CT molecular complexity index is 310. The molecule has 2 amide bonds. The number of nitrogens with zero attached hydrogens (tertiary/aromatic N) is 1. The molecular weight excluding hydrogens is 240 g/mol. The van der Waals surface area contributed by atoms with Gasteiger partial charge in [0.1, 0.15) is 0 Å². The van der Waals surface area contributed by atoms with Crippen LogP contribution in [0, 0.1) is 5.92 Å². The van der Waals surface area contributed by atoms with E-state index in [-0.39, 0.29) is 31.5 Å². The van der Waals surface area contributed by atoms with Gasteiger partial charge in [-0.3, -0.25) is 0 Å². The minimum Gasteiger partial charge on any atom is -0.479 e. The molecule has 18 heavy (non-hydrogen) atoms. The topological polar surface area (TPSA) is 110 Å². The van der Waals surface area contributed by atoms with Gasteiger partial charge in [-0.2, -0.15) is 0 Å². The molecule has 0 spiro atoms. The van der Waals surface area contributed by atoms with Crippen LogP contribution in [0.2, 0.25) is 0 Å². The summed E-state index contributed by atoms with van der Waals surface area (Å²) in [5.41, 5.74) is 0. The first kappa shape index (κ1) is 14.7. The number of hydrogen-bond donors (Lipinski definition) is 4. The van der Waals surface area contributed by atoms with Crippen LogP contribution in [0.5, 0.6) is 0 Å². The van der Waals surface area contributed by atoms with Gasteiger partial charge in [0.15, 0.2) is 6.10 Å². The van der Waals surface area contributed by atoms with Crippen LogP contribution in [-0.4, -0.2) is 64.1 Å². The summed E-state index contributed by atoms with van der Waals surface area (Å²) in [6, 6.07) is -0.335. The van der Waals surface area contributed by atoms with E-state index in [9.17, 15) is 14.7 Å². The standard InChI is InChI=1S/C11H20N2O5/c1-7-3-5-13(6-9(7)15)11(18)12-4-2-8(14)10(16)17/h7-9,14-15H,2-6H2,1H3,(H,12,18)(H,16,17). The largest absolute Gasteiger partial charge is 0.479 e. The Morgan fingerprint density at radius 1 is 1.50 bits per heavy atom. The van der Waals surface area contributed by atoms with Crippen molar-refractivity contribution < 1.29 is 24.9 Å². The smallest absolute Gasteiger partial charge is 0.332 e. The van der Waals surface area contributed by atoms with Crippen LogP contribution in [0.1, 0.15) is 19.8 Å². The molecule has 0 aromatic carbocycles. The van der Waals surface area contributed by atoms with Gasteiger partial charge >= 0.3 is 12.0 Å². The van der Waals surface area contributed by atoms with Crippen LogP contribution in [0.4, 0.5) is 4.79 Å². The maximum absolute atomic E-state index is 11.7. The Labute approximate surface area is 105 Å². The second kappa shape index (κ2) is 6.55. The summed E-state index contributed by atoms with van der Waals surface area (Å²) in [5.74, 6) is -1.12. The number of piperidine rings is 1. The van der Waals surface area contributed by atoms with E-state index < -0.39 is 18.2 Å². The quantitative estimate of drug-likeness (QED) is 0.531. The zero-order valence-electron chi connectivity index (χ0n) is 10.4. The minimum absolute atomic E-state index is 0.0339. The molecule has 0 saturated carbocycles. The van der Waals surface area contributed by atoms with E-state index in [0.29, 0.717) is 6.54 Å². The Kier molecular flexibility index (Phi) is 5.36. The second-order valence-electron chi connectivity index (χ2n) is 4.65. The summed E-state index contributed by atoms with van der Waals surface area (Å²) >= 11 is 0. The predicted octanol–water partition coefficient (Wildman–Crippen LogP) is -0.766. The first-order valence-electron chi connectivity index (χ1n) is 6.03. The van der Waals surface area contributed by atoms with Crippen LogP contribution in [0.15, 0.2) is 0 Å². The number of nitrogens with one attached hydrogen (secondary N) is 1. The minimum atomic E-state index is -1.46. The molecule has 0 radical (unpaired) electrons. The van der Waals surface area contributed by atoms with Gasteiger partial charge < -0.3 is 25.5 Å². The lowest BCUT2D eigenvalue weighted by Gasteiger charge is -2.34. The molecule has 1 aliphatic heterocycles. The summed E-state index contributed by atoms with van der Waals surface area (Å²) < 4.78 is 0. The van der Waals surface area contributed by atoms with Crippen LogP contribution >= 0.6 is 0 Å². The SMILES string of the molecule is CC1CCN(C(=O)NCCC(O)C(=O)O)CC1O. The number of carbonyl (C=O) groups is 2. The molecule has 1 rings (SSSR count). The number of carboxylic acids is 1. The number of hydrogen-bond acceptors (Lipinski definition) is 4. The van der Waals surface area contributed by atoms with Crippen molar-refractivity contribution in [2.75, 3.05) is 19.6 Å². The molecule has 104 valence electrons. The Hall–Kier alpha value is -1.34. The van der Waals surface area contributed by atoms with E-state index in [4.69, 9.17) is 10.2 Å². The summed E-state index contributed by atoms with van der Waals surface area (Å²) in [7, 11) is 0. The van der Waals surface area contributed by atoms with Crippen molar-refractivity contribution in [3.05, 3.63) is 0 Å². The first-order chi connectivity index (χ1) is 8.41. The Balaban J connectivity index is 2.27. The van der Waals surface area contributed by atoms with Gasteiger partial charge in [0.25, 0.3) is 0 Å². The molecule has 1 saturated heterocycles. The van der Waals surface area contributed by atoms with Crippen molar-refractivity contribution in [1.82, 2.24) is 10.2 Å². The van der Waals surface area contributed by atoms with E-state index in [0.717, 1.165) is 6.42 Å². The normalized spacial score (nSPS) is 25.6. The molecule has 7 heteroatoms. The molecule has 0 aromatic rings. The summed E-state index contributed by atoms with van der Waals surface area (Å²) in [5, 5.41) is 29.6. The molecule has 3 atom stereocenters. The maximum Gasteiger partial charge on any atom is 0.332 e. The Morgan fingerprint density at radius 3 is 2.72 bits per heavy atom. The molecular formula is C11H20N2O5. The number of carboxylic acid groups (broad SMARTS) is 1. The fourth-order valence-electron chi connectivity index (χ4n) is 1.78. The number of rotatable bonds is 4. The lowest BCUT2D eigenvalue weighted by molar-refractivity contribution is -0.146. The molecule has 1 aliphatic rings. The number of aliphatic hydroxyl groups is 2. The third-order valence-corrected chi connectivity index (χ3v) is 3.18. The summed E-state index contributed by atoms with van der Waals surface area (Å²) in [6.07, 6.45) is -1.27. The molecule has 0 aliphatic carbocycles. The summed E-state index contributed by atoms with van der Waals surface area (Å²) in [4.78, 5) is 23.5. The maximum atomic E-state index is 11.7. The van der Waals surface area contributed by atoms with E-state index in [2.05, 4.69) is 5.32 Å². The number of aliphatic carboxylic acids is 1. The highest BCUT2D eigenvalue weighted by Gasteiger charge is 2.27. The number of β-amino-alcohol motifs (C(OH)–C–C–N with tert-alkyl or cyclic N) is 1. The van der Waals surface area contributed by atoms with E-state index in [1.807, 2.05) is 6.92 Å². The van der Waals surface area contributed by atoms with Crippen molar-refractivity contribution >= 4 is 12.0 Å². The predicted molar refractivity (Wildman–Crippen MR) is 63.0 cm³/mol. The number of urea groups is 1. The molecule has 3 unspecified atom stereocenters.